The van der Waals surface area contributed by atoms with Gasteiger partial charge in [-0.1, -0.05) is 35.9 Å². The minimum Gasteiger partial charge on any atom is -0.490 e. The molecule has 3 aromatic carbocycles. The molecule has 10 heteroatoms. The van der Waals surface area contributed by atoms with Crippen LogP contribution in [0.5, 0.6) is 11.5 Å². The number of carbonyl (C=O) groups excluding carboxylic acids is 3. The number of carbonyl (C=O) groups is 3. The molecule has 3 amide bonds. The molecule has 1 N–H and O–H groups in total. The van der Waals surface area contributed by atoms with Gasteiger partial charge in [-0.05, 0) is 102 Å². The summed E-state index contributed by atoms with van der Waals surface area (Å²) < 4.78 is 12.4. The monoisotopic (exact) mass is 628 g/mol. The van der Waals surface area contributed by atoms with Crippen LogP contribution in [-0.4, -0.2) is 35.1 Å². The second kappa shape index (κ2) is 12.7. The highest BCUT2D eigenvalue weighted by Crippen LogP contribution is 2.40. The standard InChI is InChI=1S/C29H26BrClN2O5S/c1-4-37-24-13-19(12-22(30)27(24)38-16-20-7-5-6-8-23(20)31)14-25-28(35)33(29(36)39-25)15-26(34)32-21-10-9-17(2)18(3)11-21/h5-14H,4,15-16H2,1-3H3,(H,32,34)/b25-14+. The van der Waals surface area contributed by atoms with E-state index in [4.69, 9.17) is 21.1 Å². The van der Waals surface area contributed by atoms with Crippen LogP contribution in [0.3, 0.4) is 0 Å². The molecule has 1 aliphatic rings. The summed E-state index contributed by atoms with van der Waals surface area (Å²) in [6.07, 6.45) is 1.59. The maximum absolute atomic E-state index is 13.0. The first-order chi connectivity index (χ1) is 18.7. The van der Waals surface area contributed by atoms with Crippen molar-refractivity contribution in [3.05, 3.63) is 91.3 Å². The molecule has 0 spiro atoms. The molecule has 4 rings (SSSR count). The predicted octanol–water partition coefficient (Wildman–Crippen LogP) is 7.37. The predicted molar refractivity (Wildman–Crippen MR) is 158 cm³/mol. The van der Waals surface area contributed by atoms with Gasteiger partial charge < -0.3 is 14.8 Å². The van der Waals surface area contributed by atoms with E-state index in [1.54, 1.807) is 30.3 Å². The number of aryl methyl sites for hydroxylation is 2. The fourth-order valence-electron chi connectivity index (χ4n) is 3.79. The second-order valence-corrected chi connectivity index (χ2v) is 11.0. The van der Waals surface area contributed by atoms with Gasteiger partial charge in [-0.3, -0.25) is 19.3 Å². The highest BCUT2D eigenvalue weighted by Gasteiger charge is 2.36. The lowest BCUT2D eigenvalue weighted by atomic mass is 10.1. The molecule has 1 saturated heterocycles. The highest BCUT2D eigenvalue weighted by atomic mass is 79.9. The van der Waals surface area contributed by atoms with E-state index in [1.807, 2.05) is 51.1 Å². The van der Waals surface area contributed by atoms with Gasteiger partial charge in [-0.15, -0.1) is 0 Å². The molecule has 0 aromatic heterocycles. The van der Waals surface area contributed by atoms with Gasteiger partial charge in [-0.25, -0.2) is 0 Å². The number of nitrogens with zero attached hydrogens (tertiary/aromatic N) is 1. The molecule has 3 aromatic rings. The molecule has 0 bridgehead atoms. The fraction of sp³-hybridized carbons (Fsp3) is 0.207. The summed E-state index contributed by atoms with van der Waals surface area (Å²) in [7, 11) is 0. The molecule has 1 fully saturated rings. The lowest BCUT2D eigenvalue weighted by Gasteiger charge is -2.15. The SMILES string of the molecule is CCOc1cc(/C=C2/SC(=O)N(CC(=O)Nc3ccc(C)c(C)c3)C2=O)cc(Br)c1OCc1ccccc1Cl. The summed E-state index contributed by atoms with van der Waals surface area (Å²) >= 11 is 10.6. The maximum Gasteiger partial charge on any atom is 0.294 e. The minimum absolute atomic E-state index is 0.207. The summed E-state index contributed by atoms with van der Waals surface area (Å²) in [5.74, 6) is -0.0289. The van der Waals surface area contributed by atoms with E-state index in [-0.39, 0.29) is 18.1 Å². The summed E-state index contributed by atoms with van der Waals surface area (Å²) in [6.45, 7) is 6.03. The Kier molecular flexibility index (Phi) is 9.37. The van der Waals surface area contributed by atoms with Crippen molar-refractivity contribution >= 4 is 68.1 Å². The lowest BCUT2D eigenvalue weighted by molar-refractivity contribution is -0.127. The molecule has 0 aliphatic carbocycles. The summed E-state index contributed by atoms with van der Waals surface area (Å²) in [4.78, 5) is 39.3. The van der Waals surface area contributed by atoms with E-state index in [2.05, 4.69) is 21.2 Å². The molecule has 39 heavy (non-hydrogen) atoms. The lowest BCUT2D eigenvalue weighted by Crippen LogP contribution is -2.36. The van der Waals surface area contributed by atoms with Gasteiger partial charge >= 0.3 is 0 Å². The van der Waals surface area contributed by atoms with E-state index in [9.17, 15) is 14.4 Å². The largest absolute Gasteiger partial charge is 0.490 e. The molecule has 0 unspecified atom stereocenters. The van der Waals surface area contributed by atoms with Gasteiger partial charge in [0.15, 0.2) is 11.5 Å². The van der Waals surface area contributed by atoms with Gasteiger partial charge in [-0.2, -0.15) is 0 Å². The van der Waals surface area contributed by atoms with Gasteiger partial charge in [0.05, 0.1) is 16.0 Å². The number of anilines is 1. The van der Waals surface area contributed by atoms with Gasteiger partial charge in [0, 0.05) is 16.3 Å². The average molecular weight is 630 g/mol. The number of ether oxygens (including phenoxy) is 2. The Labute approximate surface area is 244 Å². The van der Waals surface area contributed by atoms with Crippen LogP contribution in [0.25, 0.3) is 6.08 Å². The molecule has 1 aliphatic heterocycles. The normalized spacial score (nSPS) is 14.2. The van der Waals surface area contributed by atoms with Crippen molar-refractivity contribution in [1.29, 1.82) is 0 Å². The van der Waals surface area contributed by atoms with Gasteiger partial charge in [0.1, 0.15) is 13.2 Å². The number of halogens is 2. The number of rotatable bonds is 9. The van der Waals surface area contributed by atoms with E-state index < -0.39 is 17.1 Å². The molecule has 0 radical (unpaired) electrons. The second-order valence-electron chi connectivity index (χ2n) is 8.76. The number of nitrogens with one attached hydrogen (secondary N) is 1. The van der Waals surface area contributed by atoms with Crippen LogP contribution in [0.2, 0.25) is 5.02 Å². The fourth-order valence-corrected chi connectivity index (χ4v) is 5.39. The Balaban J connectivity index is 1.49. The summed E-state index contributed by atoms with van der Waals surface area (Å²) in [5, 5.41) is 2.84. The number of benzene rings is 3. The van der Waals surface area contributed by atoms with Crippen molar-refractivity contribution in [2.24, 2.45) is 0 Å². The van der Waals surface area contributed by atoms with Crippen molar-refractivity contribution in [2.75, 3.05) is 18.5 Å². The van der Waals surface area contributed by atoms with Crippen LogP contribution in [0.4, 0.5) is 10.5 Å². The first-order valence-corrected chi connectivity index (χ1v) is 14.1. The molecule has 0 atom stereocenters. The van der Waals surface area contributed by atoms with Crippen LogP contribution in [-0.2, 0) is 16.2 Å². The van der Waals surface area contributed by atoms with Crippen molar-refractivity contribution < 1.29 is 23.9 Å². The van der Waals surface area contributed by atoms with Crippen molar-refractivity contribution in [3.8, 4) is 11.5 Å². The molecule has 202 valence electrons. The highest BCUT2D eigenvalue weighted by molar-refractivity contribution is 9.10. The third-order valence-electron chi connectivity index (χ3n) is 5.93. The van der Waals surface area contributed by atoms with Crippen molar-refractivity contribution in [2.45, 2.75) is 27.4 Å². The van der Waals surface area contributed by atoms with Crippen LogP contribution >= 0.6 is 39.3 Å². The summed E-state index contributed by atoms with van der Waals surface area (Å²) in [6, 6.07) is 16.4. The zero-order chi connectivity index (χ0) is 28.1. The molecular formula is C29H26BrClN2O5S. The van der Waals surface area contributed by atoms with Crippen LogP contribution in [0.1, 0.15) is 29.2 Å². The molecule has 7 nitrogen and oxygen atoms in total. The van der Waals surface area contributed by atoms with Gasteiger partial charge in [0.25, 0.3) is 11.1 Å². The third-order valence-corrected chi connectivity index (χ3v) is 7.79. The Morgan fingerprint density at radius 1 is 1.08 bits per heavy atom. The van der Waals surface area contributed by atoms with E-state index in [1.165, 1.54) is 0 Å². The van der Waals surface area contributed by atoms with Crippen LogP contribution in [0, 0.1) is 13.8 Å². The third kappa shape index (κ3) is 7.03. The first-order valence-electron chi connectivity index (χ1n) is 12.1. The van der Waals surface area contributed by atoms with E-state index >= 15 is 0 Å². The summed E-state index contributed by atoms with van der Waals surface area (Å²) in [5.41, 5.74) is 4.19. The zero-order valence-electron chi connectivity index (χ0n) is 21.5. The van der Waals surface area contributed by atoms with Crippen molar-refractivity contribution in [1.82, 2.24) is 4.90 Å². The number of hydrogen-bond acceptors (Lipinski definition) is 6. The van der Waals surface area contributed by atoms with E-state index in [0.717, 1.165) is 33.4 Å². The maximum atomic E-state index is 13.0. The zero-order valence-corrected chi connectivity index (χ0v) is 24.7. The number of amides is 3. The molecular weight excluding hydrogens is 604 g/mol. The van der Waals surface area contributed by atoms with Crippen molar-refractivity contribution in [3.63, 3.8) is 0 Å². The Morgan fingerprint density at radius 2 is 1.85 bits per heavy atom. The van der Waals surface area contributed by atoms with Crippen LogP contribution < -0.4 is 14.8 Å². The molecule has 1 heterocycles. The average Bonchev–Trinajstić information content (AvgIpc) is 3.14. The number of hydrogen-bond donors (Lipinski definition) is 1. The Morgan fingerprint density at radius 3 is 2.56 bits per heavy atom. The smallest absolute Gasteiger partial charge is 0.294 e. The Bertz CT molecular complexity index is 1480. The molecule has 0 saturated carbocycles. The van der Waals surface area contributed by atoms with Crippen LogP contribution in [0.15, 0.2) is 64.0 Å². The minimum atomic E-state index is -0.534. The van der Waals surface area contributed by atoms with E-state index in [0.29, 0.717) is 38.9 Å². The Hall–Kier alpha value is -3.27. The number of imide groups is 1. The quantitative estimate of drug-likeness (QED) is 0.249. The van der Waals surface area contributed by atoms with Gasteiger partial charge in [0.2, 0.25) is 5.91 Å². The topological polar surface area (TPSA) is 84.9 Å². The first kappa shape index (κ1) is 28.7. The number of thioether (sulfide) groups is 1.